The van der Waals surface area contributed by atoms with E-state index in [0.717, 1.165) is 44.7 Å². The van der Waals surface area contributed by atoms with Gasteiger partial charge in [0.2, 0.25) is 11.8 Å². The molecule has 0 N–H and O–H groups in total. The van der Waals surface area contributed by atoms with Gasteiger partial charge in [-0.1, -0.05) is 11.6 Å². The third-order valence-electron chi connectivity index (χ3n) is 6.09. The van der Waals surface area contributed by atoms with E-state index < -0.39 is 0 Å². The summed E-state index contributed by atoms with van der Waals surface area (Å²) in [6.45, 7) is 4.35. The van der Waals surface area contributed by atoms with Crippen molar-refractivity contribution in [2.45, 2.75) is 64.0 Å². The van der Waals surface area contributed by atoms with Crippen LogP contribution in [0.15, 0.2) is 23.0 Å². The number of piperidine rings is 1. The molecule has 7 nitrogen and oxygen atoms in total. The number of carbonyl (C=O) groups excluding carboxylic acids is 1. The highest BCUT2D eigenvalue weighted by Gasteiger charge is 2.29. The van der Waals surface area contributed by atoms with Crippen molar-refractivity contribution < 1.29 is 13.7 Å². The van der Waals surface area contributed by atoms with E-state index in [1.807, 2.05) is 4.90 Å². The molecule has 8 heteroatoms. The zero-order valence-electron chi connectivity index (χ0n) is 16.9. The smallest absolute Gasteiger partial charge is 0.229 e. The molecule has 0 radical (unpaired) electrons. The second-order valence-electron chi connectivity index (χ2n) is 8.14. The second-order valence-corrected chi connectivity index (χ2v) is 8.14. The van der Waals surface area contributed by atoms with Gasteiger partial charge in [-0.15, -0.1) is 0 Å². The summed E-state index contributed by atoms with van der Waals surface area (Å²) in [5.74, 6) is 1.60. The molecule has 1 aliphatic heterocycles. The number of hydrogen-bond donors (Lipinski definition) is 0. The van der Waals surface area contributed by atoms with Crippen LogP contribution >= 0.6 is 0 Å². The van der Waals surface area contributed by atoms with E-state index in [1.54, 1.807) is 19.2 Å². The monoisotopic (exact) mass is 401 g/mol. The zero-order chi connectivity index (χ0) is 20.2. The molecule has 29 heavy (non-hydrogen) atoms. The Hall–Kier alpha value is -2.35. The summed E-state index contributed by atoms with van der Waals surface area (Å²) >= 11 is 0. The summed E-state index contributed by atoms with van der Waals surface area (Å²) in [7, 11) is 0. The van der Waals surface area contributed by atoms with Crippen LogP contribution in [0.5, 0.6) is 0 Å². The highest BCUT2D eigenvalue weighted by molar-refractivity contribution is 5.73. The van der Waals surface area contributed by atoms with E-state index in [0.29, 0.717) is 36.8 Å². The highest BCUT2D eigenvalue weighted by Crippen LogP contribution is 2.35. The standard InChI is InChI=1S/C21H28FN5O2/c1-15(28)27(11-8-20-24-21(29-25-20)16-4-2-5-16)18-6-3-10-26(14-18)13-17-7-9-23-12-19(17)22/h7,9,12,16,18H,2-6,8,10-11,13-14H2,1H3. The van der Waals surface area contributed by atoms with E-state index >= 15 is 0 Å². The minimum absolute atomic E-state index is 0.0506. The lowest BCUT2D eigenvalue weighted by atomic mass is 9.85. The van der Waals surface area contributed by atoms with Crippen molar-refractivity contribution in [2.75, 3.05) is 19.6 Å². The number of rotatable bonds is 7. The molecule has 1 aliphatic carbocycles. The molecule has 0 spiro atoms. The van der Waals surface area contributed by atoms with Crippen LogP contribution in [0.3, 0.4) is 0 Å². The van der Waals surface area contributed by atoms with Crippen molar-refractivity contribution in [3.63, 3.8) is 0 Å². The Labute approximate surface area is 170 Å². The van der Waals surface area contributed by atoms with Gasteiger partial charge in [-0.05, 0) is 38.3 Å². The fourth-order valence-electron chi connectivity index (χ4n) is 4.21. The normalized spacial score (nSPS) is 20.4. The number of aromatic nitrogens is 3. The molecule has 3 heterocycles. The lowest BCUT2D eigenvalue weighted by Gasteiger charge is -2.39. The molecule has 2 aromatic rings. The summed E-state index contributed by atoms with van der Waals surface area (Å²) in [6, 6.07) is 1.83. The molecule has 0 aromatic carbocycles. The molecule has 2 aliphatic rings. The molecule has 1 unspecified atom stereocenters. The number of nitrogens with zero attached hydrogens (tertiary/aromatic N) is 5. The number of halogens is 1. The van der Waals surface area contributed by atoms with Crippen molar-refractivity contribution in [3.8, 4) is 0 Å². The molecule has 156 valence electrons. The molecular formula is C21H28FN5O2. The van der Waals surface area contributed by atoms with Crippen LogP contribution in [-0.2, 0) is 17.8 Å². The second kappa shape index (κ2) is 8.98. The van der Waals surface area contributed by atoms with Gasteiger partial charge in [0.15, 0.2) is 5.82 Å². The van der Waals surface area contributed by atoms with Crippen molar-refractivity contribution in [3.05, 3.63) is 41.6 Å². The maximum atomic E-state index is 13.9. The van der Waals surface area contributed by atoms with E-state index in [-0.39, 0.29) is 17.8 Å². The minimum Gasteiger partial charge on any atom is -0.339 e. The van der Waals surface area contributed by atoms with E-state index in [4.69, 9.17) is 4.52 Å². The average Bonchev–Trinajstić information content (AvgIpc) is 3.11. The summed E-state index contributed by atoms with van der Waals surface area (Å²) in [6.07, 6.45) is 8.86. The maximum Gasteiger partial charge on any atom is 0.229 e. The molecule has 1 saturated carbocycles. The largest absolute Gasteiger partial charge is 0.339 e. The predicted molar refractivity (Wildman–Crippen MR) is 104 cm³/mol. The van der Waals surface area contributed by atoms with Gasteiger partial charge in [-0.25, -0.2) is 4.39 Å². The molecule has 4 rings (SSSR count). The van der Waals surface area contributed by atoms with Crippen LogP contribution < -0.4 is 0 Å². The van der Waals surface area contributed by atoms with Crippen molar-refractivity contribution >= 4 is 5.91 Å². The number of likely N-dealkylation sites (tertiary alicyclic amines) is 1. The van der Waals surface area contributed by atoms with E-state index in [2.05, 4.69) is 20.0 Å². The summed E-state index contributed by atoms with van der Waals surface area (Å²) in [4.78, 5) is 24.8. The zero-order valence-corrected chi connectivity index (χ0v) is 16.9. The molecule has 1 atom stereocenters. The fraction of sp³-hybridized carbons (Fsp3) is 0.619. The van der Waals surface area contributed by atoms with E-state index in [9.17, 15) is 9.18 Å². The Kier molecular flexibility index (Phi) is 6.18. The summed E-state index contributed by atoms with van der Waals surface area (Å²) in [5.41, 5.74) is 0.644. The van der Waals surface area contributed by atoms with Gasteiger partial charge in [0.1, 0.15) is 5.82 Å². The van der Waals surface area contributed by atoms with Crippen LogP contribution in [-0.4, -0.2) is 56.5 Å². The van der Waals surface area contributed by atoms with Crippen molar-refractivity contribution in [2.24, 2.45) is 0 Å². The SMILES string of the molecule is CC(=O)N(CCc1noc(C2CCC2)n1)C1CCCN(Cc2ccncc2F)C1. The van der Waals surface area contributed by atoms with Crippen LogP contribution in [0.1, 0.15) is 62.2 Å². The van der Waals surface area contributed by atoms with Gasteiger partial charge in [-0.3, -0.25) is 14.7 Å². The molecule has 2 fully saturated rings. The van der Waals surface area contributed by atoms with E-state index in [1.165, 1.54) is 12.6 Å². The van der Waals surface area contributed by atoms with Gasteiger partial charge in [0, 0.05) is 56.7 Å². The topological polar surface area (TPSA) is 75.4 Å². The van der Waals surface area contributed by atoms with Crippen molar-refractivity contribution in [1.82, 2.24) is 24.9 Å². The summed E-state index contributed by atoms with van der Waals surface area (Å²) in [5, 5.41) is 4.09. The fourth-order valence-corrected chi connectivity index (χ4v) is 4.21. The lowest BCUT2D eigenvalue weighted by Crippen LogP contribution is -2.50. The van der Waals surface area contributed by atoms with Crippen LogP contribution in [0.25, 0.3) is 0 Å². The van der Waals surface area contributed by atoms with Crippen LogP contribution in [0.4, 0.5) is 4.39 Å². The number of hydrogen-bond acceptors (Lipinski definition) is 6. The third kappa shape index (κ3) is 4.80. The maximum absolute atomic E-state index is 13.9. The third-order valence-corrected chi connectivity index (χ3v) is 6.09. The van der Waals surface area contributed by atoms with Gasteiger partial charge in [0.25, 0.3) is 0 Å². The predicted octanol–water partition coefficient (Wildman–Crippen LogP) is 2.93. The first-order chi connectivity index (χ1) is 14.1. The average molecular weight is 401 g/mol. The van der Waals surface area contributed by atoms with Gasteiger partial charge in [0.05, 0.1) is 6.20 Å². The first-order valence-electron chi connectivity index (χ1n) is 10.5. The molecule has 1 amide bonds. The first-order valence-corrected chi connectivity index (χ1v) is 10.5. The van der Waals surface area contributed by atoms with Crippen LogP contribution in [0, 0.1) is 5.82 Å². The number of carbonyl (C=O) groups is 1. The van der Waals surface area contributed by atoms with Gasteiger partial charge < -0.3 is 9.42 Å². The van der Waals surface area contributed by atoms with Gasteiger partial charge in [-0.2, -0.15) is 4.98 Å². The lowest BCUT2D eigenvalue weighted by molar-refractivity contribution is -0.132. The highest BCUT2D eigenvalue weighted by atomic mass is 19.1. The van der Waals surface area contributed by atoms with Gasteiger partial charge >= 0.3 is 0 Å². The van der Waals surface area contributed by atoms with Crippen LogP contribution in [0.2, 0.25) is 0 Å². The quantitative estimate of drug-likeness (QED) is 0.710. The first kappa shape index (κ1) is 19.9. The Morgan fingerprint density at radius 2 is 2.21 bits per heavy atom. The Morgan fingerprint density at radius 1 is 1.34 bits per heavy atom. The summed E-state index contributed by atoms with van der Waals surface area (Å²) < 4.78 is 19.3. The molecule has 0 bridgehead atoms. The number of pyridine rings is 1. The molecular weight excluding hydrogens is 373 g/mol. The molecule has 2 aromatic heterocycles. The minimum atomic E-state index is -0.280. The Morgan fingerprint density at radius 3 is 2.93 bits per heavy atom. The number of amides is 1. The Bertz CT molecular complexity index is 838. The molecule has 1 saturated heterocycles. The van der Waals surface area contributed by atoms with Crippen molar-refractivity contribution in [1.29, 1.82) is 0 Å². The Balaban J connectivity index is 1.35.